The fraction of sp³-hybridized carbons (Fsp3) is 0.462. The summed E-state index contributed by atoms with van der Waals surface area (Å²) >= 11 is 0. The van der Waals surface area contributed by atoms with Gasteiger partial charge in [0, 0.05) is 31.9 Å². The Morgan fingerprint density at radius 2 is 2.29 bits per heavy atom. The van der Waals surface area contributed by atoms with E-state index in [1.807, 2.05) is 13.0 Å². The van der Waals surface area contributed by atoms with Gasteiger partial charge >= 0.3 is 0 Å². The summed E-state index contributed by atoms with van der Waals surface area (Å²) in [6.07, 6.45) is 0.883. The van der Waals surface area contributed by atoms with Gasteiger partial charge in [-0.1, -0.05) is 6.07 Å². The van der Waals surface area contributed by atoms with Crippen LogP contribution in [0.15, 0.2) is 18.2 Å². The maximum absolute atomic E-state index is 13.5. The zero-order valence-corrected chi connectivity index (χ0v) is 10.2. The molecule has 0 fully saturated rings. The summed E-state index contributed by atoms with van der Waals surface area (Å²) in [6, 6.07) is 6.71. The van der Waals surface area contributed by atoms with E-state index in [4.69, 9.17) is 10.00 Å². The van der Waals surface area contributed by atoms with Crippen molar-refractivity contribution in [2.24, 2.45) is 0 Å². The average Bonchev–Trinajstić information content (AvgIpc) is 2.34. The lowest BCUT2D eigenvalue weighted by molar-refractivity contribution is 0.184. The first-order valence-corrected chi connectivity index (χ1v) is 5.58. The number of ether oxygens (including phenoxy) is 1. The van der Waals surface area contributed by atoms with Crippen LogP contribution < -0.4 is 5.32 Å². The largest absolute Gasteiger partial charge is 0.385 e. The highest BCUT2D eigenvalue weighted by Crippen LogP contribution is 2.10. The SMILES string of the molecule is COCCC(C)NCc1ccc(C#N)cc1F. The second-order valence-corrected chi connectivity index (χ2v) is 3.98. The van der Waals surface area contributed by atoms with E-state index in [1.165, 1.54) is 6.07 Å². The first-order valence-electron chi connectivity index (χ1n) is 5.58. The molecular formula is C13H17FN2O. The van der Waals surface area contributed by atoms with E-state index in [-0.39, 0.29) is 11.9 Å². The van der Waals surface area contributed by atoms with Crippen LogP contribution in [0, 0.1) is 17.1 Å². The quantitative estimate of drug-likeness (QED) is 0.823. The molecule has 0 amide bonds. The Kier molecular flexibility index (Phi) is 5.61. The summed E-state index contributed by atoms with van der Waals surface area (Å²) in [4.78, 5) is 0. The molecule has 3 nitrogen and oxygen atoms in total. The Morgan fingerprint density at radius 1 is 1.53 bits per heavy atom. The van der Waals surface area contributed by atoms with Gasteiger partial charge in [0.15, 0.2) is 0 Å². The van der Waals surface area contributed by atoms with Gasteiger partial charge < -0.3 is 10.1 Å². The number of nitriles is 1. The summed E-state index contributed by atoms with van der Waals surface area (Å²) in [5.41, 5.74) is 0.923. The lowest BCUT2D eigenvalue weighted by Gasteiger charge is -2.13. The van der Waals surface area contributed by atoms with Gasteiger partial charge in [-0.2, -0.15) is 5.26 Å². The molecule has 0 aromatic heterocycles. The molecule has 1 unspecified atom stereocenters. The Balaban J connectivity index is 2.49. The maximum atomic E-state index is 13.5. The maximum Gasteiger partial charge on any atom is 0.129 e. The highest BCUT2D eigenvalue weighted by Gasteiger charge is 2.05. The van der Waals surface area contributed by atoms with E-state index in [9.17, 15) is 4.39 Å². The molecule has 0 heterocycles. The van der Waals surface area contributed by atoms with Crippen molar-refractivity contribution in [3.63, 3.8) is 0 Å². The summed E-state index contributed by atoms with van der Waals surface area (Å²) < 4.78 is 18.5. The number of methoxy groups -OCH3 is 1. The predicted molar refractivity (Wildman–Crippen MR) is 63.9 cm³/mol. The van der Waals surface area contributed by atoms with Gasteiger partial charge in [-0.05, 0) is 25.5 Å². The van der Waals surface area contributed by atoms with Crippen LogP contribution >= 0.6 is 0 Å². The third-order valence-electron chi connectivity index (χ3n) is 2.58. The summed E-state index contributed by atoms with van der Waals surface area (Å²) in [5.74, 6) is -0.338. The van der Waals surface area contributed by atoms with Crippen molar-refractivity contribution in [3.05, 3.63) is 35.1 Å². The van der Waals surface area contributed by atoms with Crippen LogP contribution in [0.1, 0.15) is 24.5 Å². The minimum atomic E-state index is -0.338. The minimum Gasteiger partial charge on any atom is -0.385 e. The summed E-state index contributed by atoms with van der Waals surface area (Å²) in [7, 11) is 1.66. The number of nitrogens with zero attached hydrogens (tertiary/aromatic N) is 1. The smallest absolute Gasteiger partial charge is 0.129 e. The molecule has 0 saturated heterocycles. The van der Waals surface area contributed by atoms with E-state index in [1.54, 1.807) is 19.2 Å². The molecule has 0 aliphatic carbocycles. The molecule has 92 valence electrons. The van der Waals surface area contributed by atoms with Gasteiger partial charge in [0.05, 0.1) is 11.6 Å². The molecule has 0 saturated carbocycles. The minimum absolute atomic E-state index is 0.269. The van der Waals surface area contributed by atoms with Crippen LogP contribution in [0.5, 0.6) is 0 Å². The van der Waals surface area contributed by atoms with E-state index < -0.39 is 0 Å². The lowest BCUT2D eigenvalue weighted by atomic mass is 10.1. The van der Waals surface area contributed by atoms with Gasteiger partial charge in [0.1, 0.15) is 5.82 Å². The number of benzene rings is 1. The van der Waals surface area contributed by atoms with Crippen LogP contribution in [0.2, 0.25) is 0 Å². The molecule has 0 radical (unpaired) electrons. The first-order chi connectivity index (χ1) is 8.17. The molecule has 0 aliphatic heterocycles. The number of nitrogens with one attached hydrogen (secondary N) is 1. The van der Waals surface area contributed by atoms with Crippen molar-refractivity contribution < 1.29 is 9.13 Å². The molecule has 17 heavy (non-hydrogen) atoms. The molecule has 0 aliphatic rings. The molecule has 1 aromatic carbocycles. The van der Waals surface area contributed by atoms with Gasteiger partial charge in [-0.3, -0.25) is 0 Å². The molecule has 1 atom stereocenters. The third kappa shape index (κ3) is 4.51. The second-order valence-electron chi connectivity index (χ2n) is 3.98. The number of hydrogen-bond acceptors (Lipinski definition) is 3. The first kappa shape index (κ1) is 13.6. The van der Waals surface area contributed by atoms with Crippen LogP contribution in [-0.2, 0) is 11.3 Å². The molecule has 1 rings (SSSR count). The fourth-order valence-corrected chi connectivity index (χ4v) is 1.44. The average molecular weight is 236 g/mol. The Bertz CT molecular complexity index is 401. The lowest BCUT2D eigenvalue weighted by Crippen LogP contribution is -2.27. The molecule has 1 N–H and O–H groups in total. The van der Waals surface area contributed by atoms with E-state index in [0.717, 1.165) is 6.42 Å². The monoisotopic (exact) mass is 236 g/mol. The Labute approximate surface area is 101 Å². The number of rotatable bonds is 6. The van der Waals surface area contributed by atoms with E-state index in [2.05, 4.69) is 5.32 Å². The normalized spacial score (nSPS) is 12.1. The standard InChI is InChI=1S/C13H17FN2O/c1-10(5-6-17-2)16-9-12-4-3-11(8-15)7-13(12)14/h3-4,7,10,16H,5-6,9H2,1-2H3. The number of halogens is 1. The third-order valence-corrected chi connectivity index (χ3v) is 2.58. The van der Waals surface area contributed by atoms with Crippen molar-refractivity contribution in [1.82, 2.24) is 5.32 Å². The van der Waals surface area contributed by atoms with Gasteiger partial charge in [0.25, 0.3) is 0 Å². The van der Waals surface area contributed by atoms with Crippen LogP contribution in [-0.4, -0.2) is 19.8 Å². The van der Waals surface area contributed by atoms with E-state index in [0.29, 0.717) is 24.3 Å². The van der Waals surface area contributed by atoms with Crippen molar-refractivity contribution in [1.29, 1.82) is 5.26 Å². The number of hydrogen-bond donors (Lipinski definition) is 1. The zero-order valence-electron chi connectivity index (χ0n) is 10.2. The topological polar surface area (TPSA) is 45.0 Å². The zero-order chi connectivity index (χ0) is 12.7. The van der Waals surface area contributed by atoms with Crippen LogP contribution in [0.3, 0.4) is 0 Å². The van der Waals surface area contributed by atoms with Gasteiger partial charge in [-0.15, -0.1) is 0 Å². The Hall–Kier alpha value is -1.44. The molecular weight excluding hydrogens is 219 g/mol. The highest BCUT2D eigenvalue weighted by molar-refractivity contribution is 5.32. The van der Waals surface area contributed by atoms with Crippen molar-refractivity contribution in [3.8, 4) is 6.07 Å². The predicted octanol–water partition coefficient (Wildman–Crippen LogP) is 2.21. The van der Waals surface area contributed by atoms with Crippen molar-refractivity contribution >= 4 is 0 Å². The highest BCUT2D eigenvalue weighted by atomic mass is 19.1. The van der Waals surface area contributed by atoms with Crippen LogP contribution in [0.25, 0.3) is 0 Å². The fourth-order valence-electron chi connectivity index (χ4n) is 1.44. The van der Waals surface area contributed by atoms with E-state index >= 15 is 0 Å². The summed E-state index contributed by atoms with van der Waals surface area (Å²) in [5, 5.41) is 11.8. The van der Waals surface area contributed by atoms with Crippen molar-refractivity contribution in [2.45, 2.75) is 25.9 Å². The molecule has 0 bridgehead atoms. The molecule has 1 aromatic rings. The molecule has 0 spiro atoms. The Morgan fingerprint density at radius 3 is 2.88 bits per heavy atom. The molecule has 4 heteroatoms. The van der Waals surface area contributed by atoms with Crippen LogP contribution in [0.4, 0.5) is 4.39 Å². The second kappa shape index (κ2) is 7.00. The van der Waals surface area contributed by atoms with Gasteiger partial charge in [0.2, 0.25) is 0 Å². The summed E-state index contributed by atoms with van der Waals surface area (Å²) in [6.45, 7) is 3.17. The van der Waals surface area contributed by atoms with Crippen molar-refractivity contribution in [2.75, 3.05) is 13.7 Å². The van der Waals surface area contributed by atoms with Gasteiger partial charge in [-0.25, -0.2) is 4.39 Å².